The zero-order chi connectivity index (χ0) is 29.2. The van der Waals surface area contributed by atoms with Gasteiger partial charge >= 0.3 is 0 Å². The molecule has 0 aromatic carbocycles. The Labute approximate surface area is 234 Å². The molecular weight excluding hydrogens is 498 g/mol. The minimum absolute atomic E-state index is 0.0110. The highest BCUT2D eigenvalue weighted by Crippen LogP contribution is 2.66. The van der Waals surface area contributed by atoms with Crippen LogP contribution >= 0.6 is 0 Å². The number of aliphatic hydroxyl groups is 6. The van der Waals surface area contributed by atoms with E-state index < -0.39 is 58.5 Å². The third-order valence-electron chi connectivity index (χ3n) is 11.9. The Morgan fingerprint density at radius 1 is 1.08 bits per heavy atom. The van der Waals surface area contributed by atoms with Gasteiger partial charge in [-0.3, -0.25) is 4.79 Å². The van der Waals surface area contributed by atoms with Crippen LogP contribution in [0.2, 0.25) is 0 Å². The first-order valence-electron chi connectivity index (χ1n) is 15.1. The number of Topliss-reactive ketones (excluding diaryl/α,β-unsaturated/α-hetero) is 1. The van der Waals surface area contributed by atoms with Crippen LogP contribution in [-0.2, 0) is 4.79 Å². The van der Waals surface area contributed by atoms with Gasteiger partial charge in [-0.25, -0.2) is 0 Å². The lowest BCUT2D eigenvalue weighted by Gasteiger charge is -2.68. The molecule has 0 saturated heterocycles. The highest BCUT2D eigenvalue weighted by atomic mass is 16.4. The van der Waals surface area contributed by atoms with Crippen molar-refractivity contribution in [2.45, 2.75) is 122 Å². The fraction of sp³-hybridized carbons (Fsp3) is 0.903. The number of rotatable bonds is 7. The van der Waals surface area contributed by atoms with Crippen LogP contribution in [0, 0.1) is 40.4 Å². The van der Waals surface area contributed by atoms with Gasteiger partial charge in [0.15, 0.2) is 5.78 Å². The number of carbonyl (C=O) groups is 1. The second kappa shape index (κ2) is 10.7. The summed E-state index contributed by atoms with van der Waals surface area (Å²) >= 11 is 0. The Morgan fingerprint density at radius 3 is 2.23 bits per heavy atom. The number of hydrogen-bond acceptors (Lipinski definition) is 8. The number of ketones is 1. The van der Waals surface area contributed by atoms with Gasteiger partial charge < -0.3 is 35.5 Å². The molecule has 8 nitrogen and oxygen atoms in total. The van der Waals surface area contributed by atoms with E-state index in [1.165, 1.54) is 6.92 Å². The molecule has 4 rings (SSSR count). The van der Waals surface area contributed by atoms with Gasteiger partial charge in [-0.1, -0.05) is 47.0 Å². The van der Waals surface area contributed by atoms with Crippen LogP contribution in [0.5, 0.6) is 0 Å². The minimum atomic E-state index is -2.13. The topological polar surface area (TPSA) is 142 Å². The molecule has 0 radical (unpaired) electrons. The van der Waals surface area contributed by atoms with Crippen molar-refractivity contribution in [3.63, 3.8) is 0 Å². The summed E-state index contributed by atoms with van der Waals surface area (Å²) in [5, 5.41) is 69.8. The van der Waals surface area contributed by atoms with Crippen molar-refractivity contribution >= 4 is 5.78 Å². The molecule has 12 atom stereocenters. The van der Waals surface area contributed by atoms with Gasteiger partial charge in [0.1, 0.15) is 17.5 Å². The molecule has 224 valence electrons. The number of aliphatic hydroxyl groups excluding tert-OH is 5. The summed E-state index contributed by atoms with van der Waals surface area (Å²) in [5.74, 6) is -1.47. The van der Waals surface area contributed by atoms with Crippen LogP contribution in [-0.4, -0.2) is 91.5 Å². The van der Waals surface area contributed by atoms with E-state index in [0.29, 0.717) is 18.8 Å². The van der Waals surface area contributed by atoms with Crippen LogP contribution < -0.4 is 0 Å². The Kier molecular flexibility index (Phi) is 8.45. The van der Waals surface area contributed by atoms with Crippen molar-refractivity contribution in [2.24, 2.45) is 40.4 Å². The SMILES string of the molecule is CCC(CC)CCC1CC(N(C)C)C2CC3(C)CC4(C)CC(O)=C(C(C)=O)C(O)C4(O)C(O)C3C(O)C2C1O. The summed E-state index contributed by atoms with van der Waals surface area (Å²) in [6, 6.07) is 0.151. The van der Waals surface area contributed by atoms with Crippen molar-refractivity contribution in [1.82, 2.24) is 4.90 Å². The van der Waals surface area contributed by atoms with Crippen LogP contribution in [0.3, 0.4) is 0 Å². The Hall–Kier alpha value is -1.03. The number of hydrogen-bond donors (Lipinski definition) is 6. The molecule has 12 unspecified atom stereocenters. The second-order valence-corrected chi connectivity index (χ2v) is 14.4. The maximum atomic E-state index is 12.3. The highest BCUT2D eigenvalue weighted by molar-refractivity contribution is 5.95. The summed E-state index contributed by atoms with van der Waals surface area (Å²) < 4.78 is 0. The van der Waals surface area contributed by atoms with Crippen molar-refractivity contribution in [2.75, 3.05) is 14.1 Å². The molecule has 0 amide bonds. The van der Waals surface area contributed by atoms with Gasteiger partial charge in [0.25, 0.3) is 0 Å². The maximum Gasteiger partial charge on any atom is 0.161 e. The average molecular weight is 552 g/mol. The van der Waals surface area contributed by atoms with Crippen molar-refractivity contribution < 1.29 is 35.4 Å². The van der Waals surface area contributed by atoms with Crippen LogP contribution in [0.25, 0.3) is 0 Å². The van der Waals surface area contributed by atoms with E-state index in [9.17, 15) is 35.4 Å². The Balaban J connectivity index is 1.73. The van der Waals surface area contributed by atoms with Crippen LogP contribution in [0.15, 0.2) is 11.3 Å². The molecule has 0 spiro atoms. The summed E-state index contributed by atoms with van der Waals surface area (Å²) in [6.45, 7) is 9.40. The first-order valence-corrected chi connectivity index (χ1v) is 15.1. The molecule has 39 heavy (non-hydrogen) atoms. The van der Waals surface area contributed by atoms with Gasteiger partial charge in [-0.05, 0) is 69.9 Å². The molecule has 8 heteroatoms. The normalized spacial score (nSPS) is 48.1. The van der Waals surface area contributed by atoms with Crippen molar-refractivity contribution in [1.29, 1.82) is 0 Å². The van der Waals surface area contributed by atoms with Crippen molar-refractivity contribution in [3.05, 3.63) is 11.3 Å². The van der Waals surface area contributed by atoms with Crippen LogP contribution in [0.4, 0.5) is 0 Å². The molecule has 4 aliphatic carbocycles. The molecule has 0 aliphatic heterocycles. The molecule has 3 saturated carbocycles. The average Bonchev–Trinajstić information content (AvgIpc) is 2.82. The minimum Gasteiger partial charge on any atom is -0.512 e. The van der Waals surface area contributed by atoms with E-state index in [2.05, 4.69) is 32.8 Å². The quantitative estimate of drug-likeness (QED) is 0.284. The van der Waals surface area contributed by atoms with Gasteiger partial charge in [0.05, 0.1) is 23.9 Å². The number of fused-ring (bicyclic) bond motifs is 3. The Bertz CT molecular complexity index is 965. The number of nitrogens with zero attached hydrogens (tertiary/aromatic N) is 1. The molecule has 0 bridgehead atoms. The molecule has 0 aromatic rings. The van der Waals surface area contributed by atoms with Crippen molar-refractivity contribution in [3.8, 4) is 0 Å². The monoisotopic (exact) mass is 551 g/mol. The second-order valence-electron chi connectivity index (χ2n) is 14.4. The smallest absolute Gasteiger partial charge is 0.161 e. The third kappa shape index (κ3) is 4.62. The first kappa shape index (κ1) is 30.9. The van der Waals surface area contributed by atoms with E-state index in [1.54, 1.807) is 6.92 Å². The predicted octanol–water partition coefficient (Wildman–Crippen LogP) is 2.80. The zero-order valence-electron chi connectivity index (χ0n) is 25.0. The molecule has 0 aromatic heterocycles. The third-order valence-corrected chi connectivity index (χ3v) is 11.9. The van der Waals surface area contributed by atoms with Crippen LogP contribution in [0.1, 0.15) is 86.0 Å². The van der Waals surface area contributed by atoms with E-state index in [-0.39, 0.29) is 35.6 Å². The lowest BCUT2D eigenvalue weighted by molar-refractivity contribution is -0.306. The Morgan fingerprint density at radius 2 is 1.69 bits per heavy atom. The summed E-state index contributed by atoms with van der Waals surface area (Å²) in [6.07, 6.45) is 0.732. The molecule has 3 fully saturated rings. The summed E-state index contributed by atoms with van der Waals surface area (Å²) in [4.78, 5) is 14.5. The first-order chi connectivity index (χ1) is 18.1. The molecule has 6 N–H and O–H groups in total. The fourth-order valence-corrected chi connectivity index (χ4v) is 9.89. The van der Waals surface area contributed by atoms with E-state index >= 15 is 0 Å². The zero-order valence-corrected chi connectivity index (χ0v) is 25.0. The van der Waals surface area contributed by atoms with Gasteiger partial charge in [-0.15, -0.1) is 0 Å². The van der Waals surface area contributed by atoms with Gasteiger partial charge in [0, 0.05) is 29.7 Å². The molecule has 0 heterocycles. The molecule has 4 aliphatic rings. The summed E-state index contributed by atoms with van der Waals surface area (Å²) in [7, 11) is 4.11. The number of carbonyl (C=O) groups excluding carboxylic acids is 1. The van der Waals surface area contributed by atoms with E-state index in [4.69, 9.17) is 0 Å². The van der Waals surface area contributed by atoms with Gasteiger partial charge in [-0.2, -0.15) is 0 Å². The lowest BCUT2D eigenvalue weighted by atomic mass is 9.40. The summed E-state index contributed by atoms with van der Waals surface area (Å²) in [5.41, 5.74) is -4.14. The predicted molar refractivity (Wildman–Crippen MR) is 149 cm³/mol. The fourth-order valence-electron chi connectivity index (χ4n) is 9.89. The standard InChI is InChI=1S/C31H53NO7/c1-8-17(9-2)10-11-18-12-20(32(6)7)19-13-29(4)15-30(5)14-21(34)22(16(3)33)27(37)31(30,39)28(38)24(29)26(36)23(19)25(18)35/h17-20,23-28,34-39H,8-15H2,1-7H3. The van der Waals surface area contributed by atoms with Gasteiger partial charge in [0.2, 0.25) is 0 Å². The molecular formula is C31H53NO7. The number of allylic oxidation sites excluding steroid dienone is 1. The highest BCUT2D eigenvalue weighted by Gasteiger charge is 2.72. The van der Waals surface area contributed by atoms with E-state index in [1.807, 2.05) is 6.92 Å². The maximum absolute atomic E-state index is 12.3. The lowest BCUT2D eigenvalue weighted by Crippen LogP contribution is -2.76. The largest absolute Gasteiger partial charge is 0.512 e. The van der Waals surface area contributed by atoms with E-state index in [0.717, 1.165) is 32.1 Å².